The van der Waals surface area contributed by atoms with Gasteiger partial charge in [-0.05, 0) is 11.8 Å². The molecule has 0 aliphatic carbocycles. The van der Waals surface area contributed by atoms with E-state index >= 15 is 0 Å². The van der Waals surface area contributed by atoms with Crippen LogP contribution in [-0.2, 0) is 9.59 Å². The molecule has 0 spiro atoms. The molecule has 6 heteroatoms. The molecule has 0 radical (unpaired) electrons. The molecule has 0 aliphatic rings. The Morgan fingerprint density at radius 2 is 1.25 bits per heavy atom. The Kier molecular flexibility index (Phi) is 14.9. The number of unbranched alkanes of at least 4 members (excludes halogenated alkanes) is 4. The maximum Gasteiger partial charge on any atom is 1.00 e. The zero-order valence-corrected chi connectivity index (χ0v) is 17.9. The molecular weight excluding hydrogens is 278 g/mol. The number of carbonyl (C=O) groups is 2. The van der Waals surface area contributed by atoms with E-state index in [1.165, 1.54) is 0 Å². The van der Waals surface area contributed by atoms with E-state index in [2.05, 4.69) is 6.92 Å². The van der Waals surface area contributed by atoms with Crippen molar-refractivity contribution in [2.24, 2.45) is 10.8 Å². The van der Waals surface area contributed by atoms with Crippen LogP contribution in [-0.4, -0.2) is 11.9 Å². The minimum atomic E-state index is -1.90. The van der Waals surface area contributed by atoms with Crippen LogP contribution in [0.5, 0.6) is 0 Å². The molecule has 0 aromatic carbocycles. The summed E-state index contributed by atoms with van der Waals surface area (Å²) in [5.74, 6) is -3.07. The van der Waals surface area contributed by atoms with Crippen LogP contribution in [0.3, 0.4) is 0 Å². The molecule has 0 saturated heterocycles. The van der Waals surface area contributed by atoms with Crippen molar-refractivity contribution in [3.63, 3.8) is 0 Å². The van der Waals surface area contributed by atoms with Gasteiger partial charge in [-0.25, -0.2) is 0 Å². The van der Waals surface area contributed by atoms with Gasteiger partial charge >= 0.3 is 59.1 Å². The predicted molar refractivity (Wildman–Crippen MR) is 65.3 cm³/mol. The van der Waals surface area contributed by atoms with Gasteiger partial charge in [0.15, 0.2) is 0 Å². The van der Waals surface area contributed by atoms with Gasteiger partial charge in [0, 0.05) is 0 Å². The maximum atomic E-state index is 11.3. The summed E-state index contributed by atoms with van der Waals surface area (Å²) in [6.07, 6.45) is 4.65. The van der Waals surface area contributed by atoms with E-state index in [1.54, 1.807) is 20.8 Å². The number of aliphatic carboxylic acids is 2. The molecule has 0 atom stereocenters. The monoisotopic (exact) mass is 302 g/mol. The average molecular weight is 302 g/mol. The van der Waals surface area contributed by atoms with Crippen LogP contribution in [0, 0.1) is 10.8 Å². The summed E-state index contributed by atoms with van der Waals surface area (Å²) in [5.41, 5.74) is -2.82. The largest absolute Gasteiger partial charge is 1.00 e. The van der Waals surface area contributed by atoms with E-state index in [4.69, 9.17) is 0 Å². The van der Waals surface area contributed by atoms with Crippen molar-refractivity contribution in [3.8, 4) is 0 Å². The van der Waals surface area contributed by atoms with Crippen LogP contribution in [0.4, 0.5) is 0 Å². The van der Waals surface area contributed by atoms with Gasteiger partial charge in [-0.1, -0.05) is 59.8 Å². The van der Waals surface area contributed by atoms with Crippen molar-refractivity contribution in [3.05, 3.63) is 0 Å². The third kappa shape index (κ3) is 6.80. The summed E-state index contributed by atoms with van der Waals surface area (Å²) in [6, 6.07) is 0. The average Bonchev–Trinajstić information content (AvgIpc) is 2.20. The summed E-state index contributed by atoms with van der Waals surface area (Å²) in [5, 5.41) is 22.6. The van der Waals surface area contributed by atoms with Crippen LogP contribution in [0.25, 0.3) is 0 Å². The van der Waals surface area contributed by atoms with E-state index in [-0.39, 0.29) is 65.5 Å². The Morgan fingerprint density at radius 3 is 1.55 bits per heavy atom. The van der Waals surface area contributed by atoms with E-state index in [0.29, 0.717) is 6.42 Å². The third-order valence-corrected chi connectivity index (χ3v) is 3.63. The summed E-state index contributed by atoms with van der Waals surface area (Å²) < 4.78 is 0. The van der Waals surface area contributed by atoms with Gasteiger partial charge in [-0.3, -0.25) is 0 Å². The molecule has 0 amide bonds. The second-order valence-corrected chi connectivity index (χ2v) is 5.89. The Bertz CT molecular complexity index is 284. The molecule has 0 heterocycles. The van der Waals surface area contributed by atoms with Crippen LogP contribution < -0.4 is 69.3 Å². The molecule has 0 saturated carbocycles. The third-order valence-electron chi connectivity index (χ3n) is 3.63. The second kappa shape index (κ2) is 11.5. The van der Waals surface area contributed by atoms with Gasteiger partial charge in [0.05, 0.1) is 17.4 Å². The van der Waals surface area contributed by atoms with Crippen molar-refractivity contribution in [1.82, 2.24) is 0 Å². The first kappa shape index (κ1) is 25.9. The van der Waals surface area contributed by atoms with Crippen molar-refractivity contribution in [1.29, 1.82) is 0 Å². The standard InChI is InChI=1S/C14H26O4.2Na/c1-5-6-7-8-9-10-14(11(15)16,12(17)18)13(2,3)4;;/h5-10H2,1-4H3,(H,15,16)(H,17,18);;/q;2*+1/p-2. The van der Waals surface area contributed by atoms with Crippen molar-refractivity contribution < 1.29 is 78.9 Å². The second-order valence-electron chi connectivity index (χ2n) is 5.89. The fraction of sp³-hybridized carbons (Fsp3) is 0.857. The zero-order valence-electron chi connectivity index (χ0n) is 13.9. The topological polar surface area (TPSA) is 80.3 Å². The minimum Gasteiger partial charge on any atom is -0.549 e. The summed E-state index contributed by atoms with van der Waals surface area (Å²) >= 11 is 0. The fourth-order valence-electron chi connectivity index (χ4n) is 2.27. The number of carboxylic acids is 2. The Labute approximate surface area is 166 Å². The zero-order chi connectivity index (χ0) is 14.4. The molecule has 4 nitrogen and oxygen atoms in total. The minimum absolute atomic E-state index is 0. The Balaban J connectivity index is -0.00000144. The van der Waals surface area contributed by atoms with Crippen molar-refractivity contribution in [2.75, 3.05) is 0 Å². The Morgan fingerprint density at radius 1 is 0.850 bits per heavy atom. The van der Waals surface area contributed by atoms with E-state index in [9.17, 15) is 19.8 Å². The van der Waals surface area contributed by atoms with Crippen LogP contribution >= 0.6 is 0 Å². The van der Waals surface area contributed by atoms with Gasteiger partial charge in [0.2, 0.25) is 0 Å². The van der Waals surface area contributed by atoms with Gasteiger partial charge in [0.25, 0.3) is 0 Å². The molecule has 0 bridgehead atoms. The molecule has 0 rings (SSSR count). The number of carbonyl (C=O) groups excluding carboxylic acids is 2. The van der Waals surface area contributed by atoms with Gasteiger partial charge in [-0.15, -0.1) is 0 Å². The first-order valence-electron chi connectivity index (χ1n) is 6.63. The van der Waals surface area contributed by atoms with Crippen LogP contribution in [0.1, 0.15) is 66.2 Å². The maximum absolute atomic E-state index is 11.3. The predicted octanol–water partition coefficient (Wildman–Crippen LogP) is -5.11. The molecule has 20 heavy (non-hydrogen) atoms. The van der Waals surface area contributed by atoms with Crippen LogP contribution in [0.2, 0.25) is 0 Å². The van der Waals surface area contributed by atoms with Crippen molar-refractivity contribution >= 4 is 11.9 Å². The van der Waals surface area contributed by atoms with E-state index in [0.717, 1.165) is 25.7 Å². The quantitative estimate of drug-likeness (QED) is 0.255. The number of rotatable bonds is 8. The summed E-state index contributed by atoms with van der Waals surface area (Å²) in [7, 11) is 0. The number of hydrogen-bond acceptors (Lipinski definition) is 4. The first-order chi connectivity index (χ1) is 8.20. The van der Waals surface area contributed by atoms with Gasteiger partial charge < -0.3 is 19.8 Å². The molecule has 0 N–H and O–H groups in total. The summed E-state index contributed by atoms with van der Waals surface area (Å²) in [4.78, 5) is 22.6. The molecule has 0 aromatic rings. The van der Waals surface area contributed by atoms with E-state index < -0.39 is 22.8 Å². The normalized spacial score (nSPS) is 11.2. The molecule has 0 unspecified atom stereocenters. The van der Waals surface area contributed by atoms with E-state index in [1.807, 2.05) is 0 Å². The molecule has 0 fully saturated rings. The Hall–Kier alpha value is 0.940. The molecular formula is C14H24Na2O4. The number of hydrogen-bond donors (Lipinski definition) is 0. The van der Waals surface area contributed by atoms with Crippen LogP contribution in [0.15, 0.2) is 0 Å². The SMILES string of the molecule is CCCCCCCC(C(=O)[O-])(C(=O)[O-])C(C)(C)C.[Na+].[Na+]. The molecule has 0 aliphatic heterocycles. The smallest absolute Gasteiger partial charge is 0.549 e. The molecule has 0 aromatic heterocycles. The number of carboxylic acid groups (broad SMARTS) is 2. The molecule has 106 valence electrons. The van der Waals surface area contributed by atoms with Gasteiger partial charge in [0.1, 0.15) is 0 Å². The fourth-order valence-corrected chi connectivity index (χ4v) is 2.27. The summed E-state index contributed by atoms with van der Waals surface area (Å²) in [6.45, 7) is 6.89. The van der Waals surface area contributed by atoms with Crippen molar-refractivity contribution in [2.45, 2.75) is 66.2 Å². The van der Waals surface area contributed by atoms with Gasteiger partial charge in [-0.2, -0.15) is 0 Å². The first-order valence-corrected chi connectivity index (χ1v) is 6.63.